The highest BCUT2D eigenvalue weighted by atomic mass is 35.5. The number of carbonyl (C=O) groups excluding carboxylic acids is 1. The summed E-state index contributed by atoms with van der Waals surface area (Å²) in [5.41, 5.74) is 0.0805. The maximum Gasteiger partial charge on any atom is 0.256 e. The van der Waals surface area contributed by atoms with Crippen LogP contribution in [0.25, 0.3) is 0 Å². The van der Waals surface area contributed by atoms with Gasteiger partial charge in [0.2, 0.25) is 0 Å². The van der Waals surface area contributed by atoms with Crippen LogP contribution in [-0.4, -0.2) is 29.8 Å². The Morgan fingerprint density at radius 3 is 2.67 bits per heavy atom. The third-order valence-corrected chi connectivity index (χ3v) is 2.76. The second kappa shape index (κ2) is 5.12. The Labute approximate surface area is 93.6 Å². The molecule has 0 saturated carbocycles. The number of amides is 1. The third kappa shape index (κ3) is 2.69. The van der Waals surface area contributed by atoms with Gasteiger partial charge in [-0.15, -0.1) is 11.6 Å². The largest absolute Gasteiger partial charge is 0.338 e. The van der Waals surface area contributed by atoms with E-state index in [2.05, 4.69) is 0 Å². The van der Waals surface area contributed by atoms with Crippen LogP contribution in [0.4, 0.5) is 4.39 Å². The summed E-state index contributed by atoms with van der Waals surface area (Å²) in [6.07, 6.45) is 0. The van der Waals surface area contributed by atoms with Gasteiger partial charge in [-0.05, 0) is 19.1 Å². The number of nitrogens with zero attached hydrogens (tertiary/aromatic N) is 1. The Hall–Kier alpha value is -1.09. The molecule has 0 radical (unpaired) electrons. The standard InChI is InChI=1S/C11H13ClFNO/c1-8(7-12)14(2)11(15)9-5-3-4-6-10(9)13/h3-6,8H,7H2,1-2H3. The first kappa shape index (κ1) is 12.0. The Morgan fingerprint density at radius 1 is 1.53 bits per heavy atom. The number of alkyl halides is 1. The number of rotatable bonds is 3. The molecule has 0 aliphatic carbocycles. The molecule has 15 heavy (non-hydrogen) atoms. The molecule has 1 aromatic carbocycles. The fourth-order valence-corrected chi connectivity index (χ4v) is 1.34. The molecule has 1 atom stereocenters. The fourth-order valence-electron chi connectivity index (χ4n) is 1.13. The van der Waals surface area contributed by atoms with Crippen LogP contribution in [-0.2, 0) is 0 Å². The van der Waals surface area contributed by atoms with Crippen molar-refractivity contribution in [1.82, 2.24) is 4.90 Å². The zero-order chi connectivity index (χ0) is 11.4. The van der Waals surface area contributed by atoms with E-state index in [1.54, 1.807) is 19.2 Å². The van der Waals surface area contributed by atoms with Crippen molar-refractivity contribution in [2.24, 2.45) is 0 Å². The maximum atomic E-state index is 13.3. The monoisotopic (exact) mass is 229 g/mol. The molecule has 0 aliphatic rings. The van der Waals surface area contributed by atoms with Crippen LogP contribution in [0.2, 0.25) is 0 Å². The summed E-state index contributed by atoms with van der Waals surface area (Å²) in [4.78, 5) is 13.2. The second-order valence-corrected chi connectivity index (χ2v) is 3.71. The molecule has 1 amide bonds. The Bertz CT molecular complexity index is 356. The smallest absolute Gasteiger partial charge is 0.256 e. The van der Waals surface area contributed by atoms with E-state index in [0.717, 1.165) is 0 Å². The molecule has 1 rings (SSSR count). The highest BCUT2D eigenvalue weighted by Gasteiger charge is 2.19. The second-order valence-electron chi connectivity index (χ2n) is 3.40. The van der Waals surface area contributed by atoms with E-state index in [9.17, 15) is 9.18 Å². The van der Waals surface area contributed by atoms with Crippen LogP contribution < -0.4 is 0 Å². The lowest BCUT2D eigenvalue weighted by molar-refractivity contribution is 0.0752. The number of hydrogen-bond donors (Lipinski definition) is 0. The van der Waals surface area contributed by atoms with E-state index in [1.165, 1.54) is 17.0 Å². The molecule has 0 bridgehead atoms. The summed E-state index contributed by atoms with van der Waals surface area (Å²) in [6.45, 7) is 1.81. The van der Waals surface area contributed by atoms with Crippen molar-refractivity contribution in [2.45, 2.75) is 13.0 Å². The number of halogens is 2. The lowest BCUT2D eigenvalue weighted by Gasteiger charge is -2.23. The predicted octanol–water partition coefficient (Wildman–Crippen LogP) is 2.53. The third-order valence-electron chi connectivity index (χ3n) is 2.31. The molecule has 0 N–H and O–H groups in total. The van der Waals surface area contributed by atoms with Gasteiger partial charge in [0.15, 0.2) is 0 Å². The maximum absolute atomic E-state index is 13.3. The highest BCUT2D eigenvalue weighted by molar-refractivity contribution is 6.18. The highest BCUT2D eigenvalue weighted by Crippen LogP contribution is 2.11. The topological polar surface area (TPSA) is 20.3 Å². The molecule has 1 aromatic rings. The molecule has 0 aromatic heterocycles. The van der Waals surface area contributed by atoms with E-state index < -0.39 is 5.82 Å². The molecule has 2 nitrogen and oxygen atoms in total. The zero-order valence-electron chi connectivity index (χ0n) is 8.71. The van der Waals surface area contributed by atoms with Crippen LogP contribution in [0.15, 0.2) is 24.3 Å². The van der Waals surface area contributed by atoms with Crippen molar-refractivity contribution >= 4 is 17.5 Å². The van der Waals surface area contributed by atoms with Crippen molar-refractivity contribution in [3.05, 3.63) is 35.6 Å². The minimum absolute atomic E-state index is 0.0805. The first-order chi connectivity index (χ1) is 7.07. The van der Waals surface area contributed by atoms with Crippen molar-refractivity contribution < 1.29 is 9.18 Å². The van der Waals surface area contributed by atoms with Gasteiger partial charge in [0.05, 0.1) is 5.56 Å². The first-order valence-electron chi connectivity index (χ1n) is 4.65. The van der Waals surface area contributed by atoms with Crippen LogP contribution in [0, 0.1) is 5.82 Å². The van der Waals surface area contributed by atoms with Crippen LogP contribution in [0.1, 0.15) is 17.3 Å². The van der Waals surface area contributed by atoms with E-state index >= 15 is 0 Å². The van der Waals surface area contributed by atoms with Crippen LogP contribution in [0.3, 0.4) is 0 Å². The summed E-state index contributed by atoms with van der Waals surface area (Å²) in [7, 11) is 1.61. The normalized spacial score (nSPS) is 12.3. The summed E-state index contributed by atoms with van der Waals surface area (Å²) in [5.74, 6) is -0.520. The van der Waals surface area contributed by atoms with Crippen molar-refractivity contribution in [1.29, 1.82) is 0 Å². The summed E-state index contributed by atoms with van der Waals surface area (Å²) in [5, 5.41) is 0. The lowest BCUT2D eigenvalue weighted by Crippen LogP contribution is -2.36. The number of hydrogen-bond acceptors (Lipinski definition) is 1. The molecule has 82 valence electrons. The molecule has 1 unspecified atom stereocenters. The average Bonchev–Trinajstić information content (AvgIpc) is 2.26. The van der Waals surface area contributed by atoms with E-state index in [-0.39, 0.29) is 17.5 Å². The quantitative estimate of drug-likeness (QED) is 0.730. The van der Waals surface area contributed by atoms with E-state index in [1.807, 2.05) is 6.92 Å². The average molecular weight is 230 g/mol. The van der Waals surface area contributed by atoms with Crippen LogP contribution >= 0.6 is 11.6 Å². The fraction of sp³-hybridized carbons (Fsp3) is 0.364. The molecule has 0 aliphatic heterocycles. The minimum atomic E-state index is -0.504. The van der Waals surface area contributed by atoms with Gasteiger partial charge in [0.1, 0.15) is 5.82 Å². The van der Waals surface area contributed by atoms with Crippen LogP contribution in [0.5, 0.6) is 0 Å². The molecular weight excluding hydrogens is 217 g/mol. The SMILES string of the molecule is CC(CCl)N(C)C(=O)c1ccccc1F. The number of carbonyl (C=O) groups is 1. The van der Waals surface area contributed by atoms with Crippen molar-refractivity contribution in [2.75, 3.05) is 12.9 Å². The minimum Gasteiger partial charge on any atom is -0.338 e. The molecule has 4 heteroatoms. The Balaban J connectivity index is 2.90. The summed E-state index contributed by atoms with van der Waals surface area (Å²) < 4.78 is 13.3. The van der Waals surface area contributed by atoms with Gasteiger partial charge < -0.3 is 4.90 Å². The summed E-state index contributed by atoms with van der Waals surface area (Å²) in [6, 6.07) is 5.81. The molecule has 0 spiro atoms. The van der Waals surface area contributed by atoms with Gasteiger partial charge in [-0.2, -0.15) is 0 Å². The molecular formula is C11H13ClFNO. The molecule has 0 heterocycles. The zero-order valence-corrected chi connectivity index (χ0v) is 9.46. The van der Waals surface area contributed by atoms with Crippen molar-refractivity contribution in [3.63, 3.8) is 0 Å². The molecule has 0 fully saturated rings. The van der Waals surface area contributed by atoms with E-state index in [0.29, 0.717) is 5.88 Å². The van der Waals surface area contributed by atoms with Gasteiger partial charge in [-0.25, -0.2) is 4.39 Å². The van der Waals surface area contributed by atoms with Gasteiger partial charge in [0.25, 0.3) is 5.91 Å². The van der Waals surface area contributed by atoms with Gasteiger partial charge in [-0.1, -0.05) is 12.1 Å². The first-order valence-corrected chi connectivity index (χ1v) is 5.19. The van der Waals surface area contributed by atoms with Crippen molar-refractivity contribution in [3.8, 4) is 0 Å². The predicted molar refractivity (Wildman–Crippen MR) is 58.7 cm³/mol. The number of benzene rings is 1. The van der Waals surface area contributed by atoms with Gasteiger partial charge >= 0.3 is 0 Å². The molecule has 0 saturated heterocycles. The van der Waals surface area contributed by atoms with Gasteiger partial charge in [-0.3, -0.25) is 4.79 Å². The summed E-state index contributed by atoms with van der Waals surface area (Å²) >= 11 is 5.63. The lowest BCUT2D eigenvalue weighted by atomic mass is 10.1. The Morgan fingerprint density at radius 2 is 2.13 bits per heavy atom. The Kier molecular flexibility index (Phi) is 4.09. The van der Waals surface area contributed by atoms with E-state index in [4.69, 9.17) is 11.6 Å². The van der Waals surface area contributed by atoms with Gasteiger partial charge in [0, 0.05) is 19.0 Å².